The monoisotopic (exact) mass is 412 g/mol. The predicted molar refractivity (Wildman–Crippen MR) is 107 cm³/mol. The fraction of sp³-hybridized carbons (Fsp3) is 0.400. The fourth-order valence-electron chi connectivity index (χ4n) is 3.02. The highest BCUT2D eigenvalue weighted by Crippen LogP contribution is 2.53. The maximum atomic E-state index is 14.6. The minimum Gasteiger partial charge on any atom is -0.494 e. The van der Waals surface area contributed by atoms with Crippen LogP contribution in [0.2, 0.25) is 0 Å². The van der Waals surface area contributed by atoms with E-state index in [-0.39, 0.29) is 27.6 Å². The summed E-state index contributed by atoms with van der Waals surface area (Å²) in [5.74, 6) is -2.72. The Kier molecular flexibility index (Phi) is 6.00. The van der Waals surface area contributed by atoms with Gasteiger partial charge in [-0.25, -0.2) is 13.2 Å². The van der Waals surface area contributed by atoms with Gasteiger partial charge in [0, 0.05) is 10.8 Å². The molecule has 0 heterocycles. The van der Waals surface area contributed by atoms with Gasteiger partial charge in [-0.1, -0.05) is 6.07 Å². The second kappa shape index (κ2) is 8.13. The average molecular weight is 412 g/mol. The van der Waals surface area contributed by atoms with Gasteiger partial charge < -0.3 is 19.9 Å². The van der Waals surface area contributed by atoms with Crippen molar-refractivity contribution in [2.24, 2.45) is 0 Å². The summed E-state index contributed by atoms with van der Waals surface area (Å²) in [4.78, 5) is 0. The summed E-state index contributed by atoms with van der Waals surface area (Å²) in [5, 5.41) is 12.3. The lowest BCUT2D eigenvalue weighted by Gasteiger charge is -2.22. The number of methoxy groups -OCH3 is 1. The van der Waals surface area contributed by atoms with Crippen LogP contribution in [0.15, 0.2) is 24.3 Å². The Balaban J connectivity index is 1.94. The molecule has 3 N–H and O–H groups in total. The second-order valence-electron chi connectivity index (χ2n) is 7.17. The van der Waals surface area contributed by atoms with E-state index >= 15 is 0 Å². The molecule has 0 spiro atoms. The van der Waals surface area contributed by atoms with Crippen molar-refractivity contribution in [3.63, 3.8) is 0 Å². The highest BCUT2D eigenvalue weighted by molar-refractivity contribution is 8.02. The number of hydrogen-bond acceptors (Lipinski definition) is 5. The lowest BCUT2D eigenvalue weighted by Crippen LogP contribution is -2.15. The van der Waals surface area contributed by atoms with E-state index in [0.717, 1.165) is 18.9 Å². The van der Waals surface area contributed by atoms with Gasteiger partial charge >= 0.3 is 0 Å². The number of nitrogens with one attached hydrogen (secondary N) is 2. The lowest BCUT2D eigenvalue weighted by atomic mass is 10.2. The van der Waals surface area contributed by atoms with Crippen molar-refractivity contribution in [1.82, 2.24) is 0 Å². The van der Waals surface area contributed by atoms with Crippen LogP contribution in [0.1, 0.15) is 31.7 Å². The molecule has 2 aromatic rings. The normalized spacial score (nSPS) is 15.8. The second-order valence-corrected chi connectivity index (χ2v) is 8.45. The van der Waals surface area contributed by atoms with Gasteiger partial charge in [0.1, 0.15) is 22.9 Å². The molecule has 0 aliphatic heterocycles. The Bertz CT molecular complexity index is 873. The predicted octanol–water partition coefficient (Wildman–Crippen LogP) is 5.53. The summed E-state index contributed by atoms with van der Waals surface area (Å²) in [6.45, 7) is 3.45. The van der Waals surface area contributed by atoms with Crippen LogP contribution in [0.4, 0.5) is 30.2 Å². The molecule has 1 saturated carbocycles. The van der Waals surface area contributed by atoms with Gasteiger partial charge in [0.15, 0.2) is 11.6 Å². The molecule has 0 radical (unpaired) electrons. The number of aliphatic hydroxyl groups is 1. The molecule has 8 heteroatoms. The summed E-state index contributed by atoms with van der Waals surface area (Å²) >= 11 is 1.33. The minimum absolute atomic E-state index is 0.0234. The molecule has 1 atom stereocenters. The van der Waals surface area contributed by atoms with Gasteiger partial charge in [0.25, 0.3) is 0 Å². The number of hydrogen-bond donors (Lipinski definition) is 3. The summed E-state index contributed by atoms with van der Waals surface area (Å²) in [5.41, 5.74) is 0.682. The third-order valence-electron chi connectivity index (χ3n) is 4.63. The Morgan fingerprint density at radius 2 is 1.89 bits per heavy atom. The number of benzene rings is 2. The molecule has 0 aromatic heterocycles. The van der Waals surface area contributed by atoms with E-state index in [1.807, 2.05) is 0 Å². The van der Waals surface area contributed by atoms with Crippen LogP contribution < -0.4 is 14.8 Å². The van der Waals surface area contributed by atoms with Crippen molar-refractivity contribution in [2.45, 2.75) is 44.0 Å². The number of anilines is 3. The molecule has 1 aliphatic rings. The van der Waals surface area contributed by atoms with Gasteiger partial charge in [-0.05, 0) is 62.8 Å². The lowest BCUT2D eigenvalue weighted by molar-refractivity contribution is 0.181. The Hall–Kier alpha value is -2.06. The summed E-state index contributed by atoms with van der Waals surface area (Å²) in [6.07, 6.45) is 1.91. The zero-order chi connectivity index (χ0) is 20.5. The minimum atomic E-state index is -1.13. The molecule has 2 aromatic carbocycles. The van der Waals surface area contributed by atoms with Crippen LogP contribution in [0.25, 0.3) is 0 Å². The first-order valence-corrected chi connectivity index (χ1v) is 9.77. The first kappa shape index (κ1) is 20.7. The van der Waals surface area contributed by atoms with Gasteiger partial charge in [-0.2, -0.15) is 0 Å². The third-order valence-corrected chi connectivity index (χ3v) is 5.95. The number of rotatable bonds is 8. The molecular weight excluding hydrogens is 389 g/mol. The zero-order valence-corrected chi connectivity index (χ0v) is 16.7. The molecule has 4 nitrogen and oxygen atoms in total. The van der Waals surface area contributed by atoms with Crippen molar-refractivity contribution < 1.29 is 23.0 Å². The van der Waals surface area contributed by atoms with E-state index in [1.165, 1.54) is 31.2 Å². The molecular formula is C20H23F3N2O2S. The molecule has 1 aliphatic carbocycles. The van der Waals surface area contributed by atoms with E-state index in [2.05, 4.69) is 10.0 Å². The maximum Gasteiger partial charge on any atom is 0.184 e. The number of ether oxygens (including phenoxy) is 1. The molecule has 152 valence electrons. The standard InChI is InChI=1S/C20H23F3N2O2S/c1-11-4-5-15(13(21)8-11)24-19-17(23)14(22)9-16(27-3)18(19)25-28-20(6-7-20)10-12(2)26/h4-5,8-9,12,24-26H,6-7,10H2,1-3H3. The van der Waals surface area contributed by atoms with Crippen LogP contribution in [-0.4, -0.2) is 23.1 Å². The third kappa shape index (κ3) is 4.50. The number of aryl methyl sites for hydroxylation is 1. The van der Waals surface area contributed by atoms with Gasteiger partial charge in [-0.15, -0.1) is 0 Å². The van der Waals surface area contributed by atoms with E-state index in [0.29, 0.717) is 12.0 Å². The summed E-state index contributed by atoms with van der Waals surface area (Å²) in [6, 6.07) is 5.39. The highest BCUT2D eigenvalue weighted by Gasteiger charge is 2.45. The Morgan fingerprint density at radius 1 is 1.18 bits per heavy atom. The highest BCUT2D eigenvalue weighted by atomic mass is 32.2. The van der Waals surface area contributed by atoms with Crippen LogP contribution in [0.3, 0.4) is 0 Å². The molecule has 3 rings (SSSR count). The fourth-order valence-corrected chi connectivity index (χ4v) is 4.18. The smallest absolute Gasteiger partial charge is 0.184 e. The average Bonchev–Trinajstić information content (AvgIpc) is 3.38. The van der Waals surface area contributed by atoms with Crippen molar-refractivity contribution >= 4 is 29.0 Å². The first-order chi connectivity index (χ1) is 13.2. The van der Waals surface area contributed by atoms with Crippen molar-refractivity contribution in [3.8, 4) is 5.75 Å². The topological polar surface area (TPSA) is 53.5 Å². The van der Waals surface area contributed by atoms with Crippen LogP contribution in [0.5, 0.6) is 5.75 Å². The SMILES string of the molecule is COc1cc(F)c(F)c(Nc2ccc(C)cc2F)c1NSC1(CC(C)O)CC1. The summed E-state index contributed by atoms with van der Waals surface area (Å²) in [7, 11) is 1.35. The zero-order valence-electron chi connectivity index (χ0n) is 15.9. The quantitative estimate of drug-likeness (QED) is 0.498. The van der Waals surface area contributed by atoms with E-state index < -0.39 is 23.6 Å². The van der Waals surface area contributed by atoms with E-state index in [1.54, 1.807) is 19.9 Å². The molecule has 0 amide bonds. The molecule has 1 fully saturated rings. The van der Waals surface area contributed by atoms with Crippen molar-refractivity contribution in [2.75, 3.05) is 17.1 Å². The van der Waals surface area contributed by atoms with Crippen LogP contribution in [0, 0.1) is 24.4 Å². The van der Waals surface area contributed by atoms with Crippen LogP contribution in [-0.2, 0) is 0 Å². The van der Waals surface area contributed by atoms with E-state index in [9.17, 15) is 18.3 Å². The molecule has 0 saturated heterocycles. The van der Waals surface area contributed by atoms with Gasteiger partial charge in [0.2, 0.25) is 0 Å². The number of aliphatic hydroxyl groups excluding tert-OH is 1. The van der Waals surface area contributed by atoms with Crippen molar-refractivity contribution in [1.29, 1.82) is 0 Å². The van der Waals surface area contributed by atoms with Gasteiger partial charge in [-0.3, -0.25) is 0 Å². The van der Waals surface area contributed by atoms with Crippen LogP contribution >= 0.6 is 11.9 Å². The maximum absolute atomic E-state index is 14.6. The summed E-state index contributed by atoms with van der Waals surface area (Å²) < 4.78 is 51.0. The largest absolute Gasteiger partial charge is 0.494 e. The first-order valence-electron chi connectivity index (χ1n) is 8.96. The molecule has 28 heavy (non-hydrogen) atoms. The Labute approximate surface area is 166 Å². The van der Waals surface area contributed by atoms with Gasteiger partial charge in [0.05, 0.1) is 18.9 Å². The van der Waals surface area contributed by atoms with Crippen molar-refractivity contribution in [3.05, 3.63) is 47.3 Å². The Morgan fingerprint density at radius 3 is 2.46 bits per heavy atom. The molecule has 0 bridgehead atoms. The van der Waals surface area contributed by atoms with E-state index in [4.69, 9.17) is 4.74 Å². The number of halogens is 3. The molecule has 1 unspecified atom stereocenters.